The second-order valence-corrected chi connectivity index (χ2v) is 6.41. The van der Waals surface area contributed by atoms with Crippen LogP contribution in [0.15, 0.2) is 11.6 Å². The Labute approximate surface area is 122 Å². The summed E-state index contributed by atoms with van der Waals surface area (Å²) in [6.07, 6.45) is 5.37. The fourth-order valence-electron chi connectivity index (χ4n) is 3.10. The zero-order chi connectivity index (χ0) is 14.1. The molecule has 0 spiro atoms. The first kappa shape index (κ1) is 13.5. The SMILES string of the molecule is CC1C(=O)N2CCCCC2C(=O)N1CCc1nccs1. The van der Waals surface area contributed by atoms with Gasteiger partial charge in [-0.25, -0.2) is 4.98 Å². The fraction of sp³-hybridized carbons (Fsp3) is 0.643. The van der Waals surface area contributed by atoms with Crippen LogP contribution in [0.2, 0.25) is 0 Å². The molecule has 0 aromatic carbocycles. The van der Waals surface area contributed by atoms with E-state index in [1.54, 1.807) is 27.3 Å². The van der Waals surface area contributed by atoms with E-state index in [-0.39, 0.29) is 23.9 Å². The minimum absolute atomic E-state index is 0.105. The van der Waals surface area contributed by atoms with Crippen molar-refractivity contribution in [3.05, 3.63) is 16.6 Å². The van der Waals surface area contributed by atoms with Crippen molar-refractivity contribution < 1.29 is 9.59 Å². The molecule has 20 heavy (non-hydrogen) atoms. The van der Waals surface area contributed by atoms with Gasteiger partial charge in [0.15, 0.2) is 0 Å². The summed E-state index contributed by atoms with van der Waals surface area (Å²) >= 11 is 1.59. The summed E-state index contributed by atoms with van der Waals surface area (Å²) in [7, 11) is 0. The summed E-state index contributed by atoms with van der Waals surface area (Å²) in [5, 5.41) is 2.95. The Hall–Kier alpha value is -1.43. The lowest BCUT2D eigenvalue weighted by Crippen LogP contribution is -2.65. The number of carbonyl (C=O) groups excluding carboxylic acids is 2. The summed E-state index contributed by atoms with van der Waals surface area (Å²) < 4.78 is 0. The average Bonchev–Trinajstić information content (AvgIpc) is 2.98. The van der Waals surface area contributed by atoms with Crippen molar-refractivity contribution in [3.8, 4) is 0 Å². The second-order valence-electron chi connectivity index (χ2n) is 5.43. The van der Waals surface area contributed by atoms with Gasteiger partial charge in [0, 0.05) is 31.1 Å². The Balaban J connectivity index is 1.72. The van der Waals surface area contributed by atoms with Crippen LogP contribution in [0.1, 0.15) is 31.2 Å². The van der Waals surface area contributed by atoms with Crippen LogP contribution in [0, 0.1) is 0 Å². The molecular formula is C14H19N3O2S. The quantitative estimate of drug-likeness (QED) is 0.844. The molecular weight excluding hydrogens is 274 g/mol. The van der Waals surface area contributed by atoms with E-state index in [0.717, 1.165) is 37.2 Å². The number of nitrogens with zero attached hydrogens (tertiary/aromatic N) is 3. The molecule has 0 bridgehead atoms. The predicted octanol–water partition coefficient (Wildman–Crippen LogP) is 1.30. The van der Waals surface area contributed by atoms with Gasteiger partial charge in [0.25, 0.3) is 0 Å². The van der Waals surface area contributed by atoms with Crippen molar-refractivity contribution in [2.75, 3.05) is 13.1 Å². The zero-order valence-corrected chi connectivity index (χ0v) is 12.4. The molecule has 2 unspecified atom stereocenters. The Morgan fingerprint density at radius 1 is 1.35 bits per heavy atom. The van der Waals surface area contributed by atoms with E-state index >= 15 is 0 Å². The lowest BCUT2D eigenvalue weighted by atomic mass is 9.95. The topological polar surface area (TPSA) is 53.5 Å². The number of fused-ring (bicyclic) bond motifs is 1. The molecule has 3 rings (SSSR count). The van der Waals surface area contributed by atoms with Crippen LogP contribution >= 0.6 is 11.3 Å². The number of carbonyl (C=O) groups is 2. The Morgan fingerprint density at radius 2 is 2.20 bits per heavy atom. The summed E-state index contributed by atoms with van der Waals surface area (Å²) in [6.45, 7) is 3.16. The maximum Gasteiger partial charge on any atom is 0.246 e. The van der Waals surface area contributed by atoms with Gasteiger partial charge in [0.05, 0.1) is 5.01 Å². The van der Waals surface area contributed by atoms with E-state index in [4.69, 9.17) is 0 Å². The van der Waals surface area contributed by atoms with Crippen LogP contribution in [0.5, 0.6) is 0 Å². The monoisotopic (exact) mass is 293 g/mol. The highest BCUT2D eigenvalue weighted by Gasteiger charge is 2.44. The van der Waals surface area contributed by atoms with Gasteiger partial charge in [0.1, 0.15) is 12.1 Å². The lowest BCUT2D eigenvalue weighted by Gasteiger charge is -2.46. The van der Waals surface area contributed by atoms with Crippen molar-refractivity contribution in [1.29, 1.82) is 0 Å². The molecule has 2 saturated heterocycles. The molecule has 3 heterocycles. The number of amides is 2. The Morgan fingerprint density at radius 3 is 2.95 bits per heavy atom. The maximum absolute atomic E-state index is 12.6. The van der Waals surface area contributed by atoms with Gasteiger partial charge in [-0.05, 0) is 26.2 Å². The highest BCUT2D eigenvalue weighted by molar-refractivity contribution is 7.09. The van der Waals surface area contributed by atoms with Gasteiger partial charge in [0.2, 0.25) is 11.8 Å². The Bertz CT molecular complexity index is 503. The lowest BCUT2D eigenvalue weighted by molar-refractivity contribution is -0.162. The van der Waals surface area contributed by atoms with E-state index in [0.29, 0.717) is 6.54 Å². The van der Waals surface area contributed by atoms with Crippen molar-refractivity contribution >= 4 is 23.2 Å². The summed E-state index contributed by atoms with van der Waals surface area (Å²) in [4.78, 5) is 32.8. The molecule has 2 aliphatic heterocycles. The van der Waals surface area contributed by atoms with Gasteiger partial charge < -0.3 is 9.80 Å². The van der Waals surface area contributed by atoms with Crippen molar-refractivity contribution in [1.82, 2.24) is 14.8 Å². The van der Waals surface area contributed by atoms with Gasteiger partial charge >= 0.3 is 0 Å². The first-order valence-electron chi connectivity index (χ1n) is 7.18. The third kappa shape index (κ3) is 2.32. The zero-order valence-electron chi connectivity index (χ0n) is 11.6. The number of rotatable bonds is 3. The minimum Gasteiger partial charge on any atom is -0.329 e. The Kier molecular flexibility index (Phi) is 3.74. The molecule has 6 heteroatoms. The summed E-state index contributed by atoms with van der Waals surface area (Å²) in [5.41, 5.74) is 0. The molecule has 2 fully saturated rings. The molecule has 2 amide bonds. The van der Waals surface area contributed by atoms with Gasteiger partial charge in [-0.1, -0.05) is 0 Å². The average molecular weight is 293 g/mol. The van der Waals surface area contributed by atoms with Crippen LogP contribution in [0.3, 0.4) is 0 Å². The van der Waals surface area contributed by atoms with E-state index in [1.165, 1.54) is 0 Å². The fourth-order valence-corrected chi connectivity index (χ4v) is 3.71. The molecule has 0 N–H and O–H groups in total. The number of hydrogen-bond acceptors (Lipinski definition) is 4. The standard InChI is InChI=1S/C14H19N3O2S/c1-10-13(18)17-7-3-2-4-11(17)14(19)16(10)8-5-12-15-6-9-20-12/h6,9-11H,2-5,7-8H2,1H3. The largest absolute Gasteiger partial charge is 0.329 e. The number of piperidine rings is 1. The van der Waals surface area contributed by atoms with Crippen LogP contribution in [-0.4, -0.2) is 51.8 Å². The van der Waals surface area contributed by atoms with Crippen LogP contribution in [0.25, 0.3) is 0 Å². The van der Waals surface area contributed by atoms with Gasteiger partial charge in [-0.15, -0.1) is 11.3 Å². The first-order valence-corrected chi connectivity index (χ1v) is 8.06. The normalized spacial score (nSPS) is 26.9. The molecule has 0 radical (unpaired) electrons. The molecule has 108 valence electrons. The predicted molar refractivity (Wildman–Crippen MR) is 76.3 cm³/mol. The molecule has 0 aliphatic carbocycles. The van der Waals surface area contributed by atoms with E-state index < -0.39 is 0 Å². The van der Waals surface area contributed by atoms with Crippen LogP contribution in [0.4, 0.5) is 0 Å². The van der Waals surface area contributed by atoms with Crippen molar-refractivity contribution in [2.24, 2.45) is 0 Å². The smallest absolute Gasteiger partial charge is 0.246 e. The molecule has 0 saturated carbocycles. The molecule has 1 aromatic heterocycles. The molecule has 2 atom stereocenters. The molecule has 1 aromatic rings. The number of thiazole rings is 1. The van der Waals surface area contributed by atoms with Crippen LogP contribution < -0.4 is 0 Å². The highest BCUT2D eigenvalue weighted by atomic mass is 32.1. The third-order valence-electron chi connectivity index (χ3n) is 4.23. The molecule has 5 nitrogen and oxygen atoms in total. The summed E-state index contributed by atoms with van der Waals surface area (Å²) in [6, 6.07) is -0.555. The molecule has 2 aliphatic rings. The maximum atomic E-state index is 12.6. The van der Waals surface area contributed by atoms with E-state index in [2.05, 4.69) is 4.98 Å². The van der Waals surface area contributed by atoms with E-state index in [9.17, 15) is 9.59 Å². The van der Waals surface area contributed by atoms with Crippen LogP contribution in [-0.2, 0) is 16.0 Å². The first-order chi connectivity index (χ1) is 9.68. The number of hydrogen-bond donors (Lipinski definition) is 0. The van der Waals surface area contributed by atoms with Gasteiger partial charge in [-0.3, -0.25) is 9.59 Å². The number of aromatic nitrogens is 1. The third-order valence-corrected chi connectivity index (χ3v) is 5.07. The second kappa shape index (κ2) is 5.52. The summed E-state index contributed by atoms with van der Waals surface area (Å²) in [5.74, 6) is 0.224. The minimum atomic E-state index is -0.336. The van der Waals surface area contributed by atoms with Gasteiger partial charge in [-0.2, -0.15) is 0 Å². The van der Waals surface area contributed by atoms with Crippen molar-refractivity contribution in [2.45, 2.75) is 44.7 Å². The van der Waals surface area contributed by atoms with E-state index in [1.807, 2.05) is 12.3 Å². The number of piperazine rings is 1. The highest BCUT2D eigenvalue weighted by Crippen LogP contribution is 2.26. The van der Waals surface area contributed by atoms with Crippen molar-refractivity contribution in [3.63, 3.8) is 0 Å².